The summed E-state index contributed by atoms with van der Waals surface area (Å²) in [6.07, 6.45) is 0. The lowest BCUT2D eigenvalue weighted by molar-refractivity contribution is 0.594. The highest BCUT2D eigenvalue weighted by Crippen LogP contribution is 2.27. The summed E-state index contributed by atoms with van der Waals surface area (Å²) in [4.78, 5) is 4.06. The molecule has 0 fully saturated rings. The second-order valence-corrected chi connectivity index (χ2v) is 4.97. The van der Waals surface area contributed by atoms with E-state index in [4.69, 9.17) is 15.4 Å². The molecule has 4 nitrogen and oxygen atoms in total. The molecule has 5 heteroatoms. The van der Waals surface area contributed by atoms with Crippen molar-refractivity contribution in [2.24, 2.45) is 0 Å². The van der Waals surface area contributed by atoms with Crippen molar-refractivity contribution in [3.8, 4) is 17.5 Å². The Hall–Kier alpha value is -2.32. The van der Waals surface area contributed by atoms with Crippen molar-refractivity contribution in [2.75, 3.05) is 5.73 Å². The molecule has 0 bridgehead atoms. The fourth-order valence-corrected chi connectivity index (χ4v) is 2.26. The van der Waals surface area contributed by atoms with Crippen LogP contribution in [-0.2, 0) is 0 Å². The number of aromatic nitrogens is 1. The summed E-state index contributed by atoms with van der Waals surface area (Å²) in [6, 6.07) is 13.7. The maximum Gasteiger partial charge on any atom is 0.230 e. The lowest BCUT2D eigenvalue weighted by atomic mass is 10.1. The number of benzene rings is 2. The van der Waals surface area contributed by atoms with Crippen molar-refractivity contribution in [1.82, 2.24) is 4.98 Å². The van der Waals surface area contributed by atoms with Crippen molar-refractivity contribution in [2.45, 2.75) is 0 Å². The Labute approximate surface area is 117 Å². The van der Waals surface area contributed by atoms with Crippen LogP contribution in [0.2, 0.25) is 0 Å². The van der Waals surface area contributed by atoms with E-state index in [1.807, 2.05) is 42.5 Å². The molecule has 0 amide bonds. The molecular weight excluding hydrogens is 306 g/mol. The largest absolute Gasteiger partial charge is 0.419 e. The van der Waals surface area contributed by atoms with Crippen LogP contribution in [0.5, 0.6) is 0 Å². The molecule has 2 N–H and O–H groups in total. The first-order valence-electron chi connectivity index (χ1n) is 5.53. The van der Waals surface area contributed by atoms with Gasteiger partial charge in [0.2, 0.25) is 17.5 Å². The molecule has 19 heavy (non-hydrogen) atoms. The van der Waals surface area contributed by atoms with Crippen LogP contribution in [0.3, 0.4) is 0 Å². The number of hydrogen-bond acceptors (Lipinski definition) is 4. The summed E-state index contributed by atoms with van der Waals surface area (Å²) in [7, 11) is 0. The molecule has 1 aromatic heterocycles. The third kappa shape index (κ3) is 2.07. The molecule has 0 aliphatic rings. The van der Waals surface area contributed by atoms with Crippen molar-refractivity contribution in [1.29, 1.82) is 5.26 Å². The minimum Gasteiger partial charge on any atom is -0.419 e. The van der Waals surface area contributed by atoms with Crippen LogP contribution in [-0.4, -0.2) is 4.98 Å². The summed E-state index contributed by atoms with van der Waals surface area (Å²) in [6.45, 7) is 0. The van der Waals surface area contributed by atoms with Crippen molar-refractivity contribution in [3.05, 3.63) is 46.6 Å². The summed E-state index contributed by atoms with van der Waals surface area (Å²) in [5.41, 5.74) is 6.47. The van der Waals surface area contributed by atoms with E-state index >= 15 is 0 Å². The number of nitrogen functional groups attached to an aromatic ring is 1. The second kappa shape index (κ2) is 4.41. The highest BCUT2D eigenvalue weighted by molar-refractivity contribution is 9.10. The number of nitrogens with zero attached hydrogens (tertiary/aromatic N) is 2. The number of rotatable bonds is 1. The van der Waals surface area contributed by atoms with Gasteiger partial charge in [0.1, 0.15) is 6.07 Å². The number of fused-ring (bicyclic) bond motifs is 1. The normalized spacial score (nSPS) is 10.5. The molecule has 0 saturated heterocycles. The molecule has 3 aromatic rings. The van der Waals surface area contributed by atoms with Gasteiger partial charge in [-0.1, -0.05) is 28.1 Å². The molecule has 0 unspecified atom stereocenters. The molecular formula is C14H8BrN3O. The summed E-state index contributed by atoms with van der Waals surface area (Å²) < 4.78 is 6.33. The Balaban J connectivity index is 2.15. The van der Waals surface area contributed by atoms with E-state index in [2.05, 4.69) is 20.9 Å². The van der Waals surface area contributed by atoms with Gasteiger partial charge >= 0.3 is 0 Å². The third-order valence-corrected chi connectivity index (χ3v) is 3.30. The van der Waals surface area contributed by atoms with Crippen molar-refractivity contribution >= 4 is 32.6 Å². The molecule has 1 heterocycles. The Kier molecular flexibility index (Phi) is 2.73. The predicted molar refractivity (Wildman–Crippen MR) is 76.3 cm³/mol. The molecule has 0 atom stereocenters. The number of oxazole rings is 1. The van der Waals surface area contributed by atoms with Gasteiger partial charge in [0, 0.05) is 10.0 Å². The maximum absolute atomic E-state index is 8.82. The van der Waals surface area contributed by atoms with Gasteiger partial charge in [0.25, 0.3) is 0 Å². The Morgan fingerprint density at radius 1 is 1.16 bits per heavy atom. The quantitative estimate of drug-likeness (QED) is 0.743. The Morgan fingerprint density at radius 3 is 2.63 bits per heavy atom. The van der Waals surface area contributed by atoms with Crippen LogP contribution in [0.4, 0.5) is 5.88 Å². The van der Waals surface area contributed by atoms with Crippen molar-refractivity contribution in [3.63, 3.8) is 0 Å². The van der Waals surface area contributed by atoms with Gasteiger partial charge in [-0.25, -0.2) is 0 Å². The zero-order valence-electron chi connectivity index (χ0n) is 9.72. The average molecular weight is 314 g/mol. The van der Waals surface area contributed by atoms with Crippen LogP contribution in [0.1, 0.15) is 5.69 Å². The summed E-state index contributed by atoms with van der Waals surface area (Å²) >= 11 is 3.43. The van der Waals surface area contributed by atoms with Gasteiger partial charge in [-0.05, 0) is 35.0 Å². The van der Waals surface area contributed by atoms with Crippen LogP contribution >= 0.6 is 15.9 Å². The first-order chi connectivity index (χ1) is 9.17. The van der Waals surface area contributed by atoms with Crippen molar-refractivity contribution < 1.29 is 4.42 Å². The number of nitriles is 1. The smallest absolute Gasteiger partial charge is 0.230 e. The van der Waals surface area contributed by atoms with Crippen LogP contribution in [0, 0.1) is 11.3 Å². The SMILES string of the molecule is N#Cc1nc(-c2ccc3cc(Br)ccc3c2)oc1N. The topological polar surface area (TPSA) is 75.8 Å². The van der Waals surface area contributed by atoms with Crippen LogP contribution in [0.25, 0.3) is 22.2 Å². The number of hydrogen-bond donors (Lipinski definition) is 1. The zero-order chi connectivity index (χ0) is 13.4. The summed E-state index contributed by atoms with van der Waals surface area (Å²) in [5, 5.41) is 11.0. The predicted octanol–water partition coefficient (Wildman–Crippen LogP) is 3.71. The minimum absolute atomic E-state index is 0.0494. The lowest BCUT2D eigenvalue weighted by Gasteiger charge is -2.01. The fraction of sp³-hybridized carbons (Fsp3) is 0. The molecule has 0 aliphatic carbocycles. The van der Waals surface area contributed by atoms with Gasteiger partial charge in [0.15, 0.2) is 0 Å². The fourth-order valence-electron chi connectivity index (χ4n) is 1.89. The number of anilines is 1. The molecule has 92 valence electrons. The molecule has 3 rings (SSSR count). The highest BCUT2D eigenvalue weighted by Gasteiger charge is 2.11. The monoisotopic (exact) mass is 313 g/mol. The number of halogens is 1. The van der Waals surface area contributed by atoms with E-state index in [-0.39, 0.29) is 11.6 Å². The van der Waals surface area contributed by atoms with Gasteiger partial charge in [-0.15, -0.1) is 0 Å². The van der Waals surface area contributed by atoms with E-state index in [9.17, 15) is 0 Å². The van der Waals surface area contributed by atoms with Crippen LogP contribution in [0.15, 0.2) is 45.3 Å². The minimum atomic E-state index is 0.0494. The standard InChI is InChI=1S/C14H8BrN3O/c15-11-4-3-8-5-10(2-1-9(8)6-11)14-18-12(7-16)13(17)19-14/h1-6H,17H2. The lowest BCUT2D eigenvalue weighted by Crippen LogP contribution is -1.84. The average Bonchev–Trinajstić information content (AvgIpc) is 2.79. The molecule has 0 spiro atoms. The van der Waals surface area contributed by atoms with E-state index < -0.39 is 0 Å². The molecule has 2 aromatic carbocycles. The van der Waals surface area contributed by atoms with E-state index in [1.165, 1.54) is 0 Å². The Morgan fingerprint density at radius 2 is 1.89 bits per heavy atom. The van der Waals surface area contributed by atoms with E-state index in [0.717, 1.165) is 20.8 Å². The van der Waals surface area contributed by atoms with Gasteiger partial charge in [-0.2, -0.15) is 10.2 Å². The van der Waals surface area contributed by atoms with Gasteiger partial charge in [-0.3, -0.25) is 0 Å². The number of nitrogens with two attached hydrogens (primary N) is 1. The van der Waals surface area contributed by atoms with Gasteiger partial charge in [0.05, 0.1) is 0 Å². The first kappa shape index (κ1) is 11.8. The van der Waals surface area contributed by atoms with Crippen LogP contribution < -0.4 is 5.73 Å². The second-order valence-electron chi connectivity index (χ2n) is 4.05. The van der Waals surface area contributed by atoms with E-state index in [0.29, 0.717) is 5.89 Å². The molecule has 0 saturated carbocycles. The maximum atomic E-state index is 8.82. The first-order valence-corrected chi connectivity index (χ1v) is 6.33. The van der Waals surface area contributed by atoms with Gasteiger partial charge < -0.3 is 10.2 Å². The molecule has 0 aliphatic heterocycles. The van der Waals surface area contributed by atoms with E-state index in [1.54, 1.807) is 0 Å². The highest BCUT2D eigenvalue weighted by atomic mass is 79.9. The molecule has 0 radical (unpaired) electrons. The zero-order valence-corrected chi connectivity index (χ0v) is 11.3. The Bertz CT molecular complexity index is 817. The summed E-state index contributed by atoms with van der Waals surface area (Å²) in [5.74, 6) is 0.410. The third-order valence-electron chi connectivity index (χ3n) is 2.81.